The predicted octanol–water partition coefficient (Wildman–Crippen LogP) is 5.41. The standard InChI is InChI=1S/C24H17N3O6S.C7H5NO3/c1-32-18-9-5-16(6-10-18)24(29)19(12-14-2-7-17(8-3-14)27(30)31)22(23(28)33-24)15-4-11-20-21(13-15)26-34-25-20;9-5-6-1-3-7(4-2-6)8(10)11/h2-11,13,29H,12H2,1H3;1-5H. The summed E-state index contributed by atoms with van der Waals surface area (Å²) in [4.78, 5) is 43.4. The number of benzene rings is 4. The van der Waals surface area contributed by atoms with Crippen LogP contribution in [0.15, 0.2) is 96.6 Å². The summed E-state index contributed by atoms with van der Waals surface area (Å²) in [6.45, 7) is 0. The molecule has 0 saturated carbocycles. The van der Waals surface area contributed by atoms with E-state index in [-0.39, 0.29) is 23.4 Å². The van der Waals surface area contributed by atoms with Gasteiger partial charge in [0.15, 0.2) is 0 Å². The number of aldehydes is 1. The Labute approximate surface area is 258 Å². The Bertz CT molecular complexity index is 1940. The number of fused-ring (bicyclic) bond motifs is 1. The normalized spacial score (nSPS) is 15.6. The van der Waals surface area contributed by atoms with Crippen LogP contribution in [0.5, 0.6) is 5.75 Å². The highest BCUT2D eigenvalue weighted by Gasteiger charge is 2.48. The molecule has 0 amide bonds. The molecule has 5 aromatic rings. The smallest absolute Gasteiger partial charge is 0.342 e. The molecule has 0 fully saturated rings. The van der Waals surface area contributed by atoms with E-state index >= 15 is 0 Å². The van der Waals surface area contributed by atoms with Crippen LogP contribution >= 0.6 is 11.7 Å². The number of nitro groups is 2. The highest BCUT2D eigenvalue weighted by Crippen LogP contribution is 2.45. The topological polar surface area (TPSA) is 185 Å². The Morgan fingerprint density at radius 1 is 0.889 bits per heavy atom. The maximum atomic E-state index is 13.1. The maximum absolute atomic E-state index is 13.1. The van der Waals surface area contributed by atoms with E-state index in [1.54, 1.807) is 54.6 Å². The molecule has 6 rings (SSSR count). The fourth-order valence-electron chi connectivity index (χ4n) is 4.64. The lowest BCUT2D eigenvalue weighted by atomic mass is 9.88. The van der Waals surface area contributed by atoms with Gasteiger partial charge in [0.2, 0.25) is 0 Å². The average molecular weight is 627 g/mol. The average Bonchev–Trinajstić information content (AvgIpc) is 3.62. The Hall–Kier alpha value is -5.86. The van der Waals surface area contributed by atoms with E-state index in [1.165, 1.54) is 43.5 Å². The number of hydrogen-bond acceptors (Lipinski definition) is 12. The summed E-state index contributed by atoms with van der Waals surface area (Å²) in [5.74, 6) is -2.13. The number of aliphatic hydroxyl groups is 1. The number of nitro benzene ring substituents is 2. The van der Waals surface area contributed by atoms with Crippen LogP contribution in [0.4, 0.5) is 11.4 Å². The van der Waals surface area contributed by atoms with E-state index in [0.717, 1.165) is 11.7 Å². The monoisotopic (exact) mass is 626 g/mol. The van der Waals surface area contributed by atoms with Gasteiger partial charge in [0.05, 0.1) is 34.3 Å². The first-order valence-corrected chi connectivity index (χ1v) is 13.9. The minimum atomic E-state index is -2.03. The van der Waals surface area contributed by atoms with Crippen molar-refractivity contribution in [2.75, 3.05) is 7.11 Å². The summed E-state index contributed by atoms with van der Waals surface area (Å²) in [7, 11) is 1.53. The molecule has 4 aromatic carbocycles. The number of rotatable bonds is 8. The summed E-state index contributed by atoms with van der Waals surface area (Å²) in [5.41, 5.74) is 3.79. The minimum absolute atomic E-state index is 0.00407. The lowest BCUT2D eigenvalue weighted by Gasteiger charge is -2.26. The summed E-state index contributed by atoms with van der Waals surface area (Å²) >= 11 is 1.06. The Balaban J connectivity index is 0.000000309. The molecule has 13 nitrogen and oxygen atoms in total. The van der Waals surface area contributed by atoms with Gasteiger partial charge in [0.1, 0.15) is 23.1 Å². The van der Waals surface area contributed by atoms with Crippen LogP contribution in [-0.4, -0.2) is 43.1 Å². The van der Waals surface area contributed by atoms with Gasteiger partial charge in [-0.05, 0) is 59.7 Å². The molecular weight excluding hydrogens is 604 g/mol. The zero-order valence-electron chi connectivity index (χ0n) is 23.4. The molecule has 14 heteroatoms. The number of aromatic nitrogens is 2. The fraction of sp³-hybridized carbons (Fsp3) is 0.0968. The van der Waals surface area contributed by atoms with Crippen molar-refractivity contribution in [1.29, 1.82) is 0 Å². The van der Waals surface area contributed by atoms with Gasteiger partial charge >= 0.3 is 5.97 Å². The first-order valence-electron chi connectivity index (χ1n) is 13.1. The van der Waals surface area contributed by atoms with Gasteiger partial charge in [-0.3, -0.25) is 25.0 Å². The van der Waals surface area contributed by atoms with Crippen molar-refractivity contribution in [1.82, 2.24) is 8.75 Å². The SMILES string of the molecule is COc1ccc(C2(O)OC(=O)C(c3ccc4nsnc4c3)=C2Cc2ccc([N+](=O)[O-])cc2)cc1.O=Cc1ccc([N+](=O)[O-])cc1. The van der Waals surface area contributed by atoms with E-state index in [1.807, 2.05) is 0 Å². The number of nitrogens with zero attached hydrogens (tertiary/aromatic N) is 4. The van der Waals surface area contributed by atoms with Gasteiger partial charge in [-0.2, -0.15) is 8.75 Å². The number of methoxy groups -OCH3 is 1. The van der Waals surface area contributed by atoms with Crippen molar-refractivity contribution in [2.45, 2.75) is 12.2 Å². The van der Waals surface area contributed by atoms with Crippen LogP contribution < -0.4 is 4.74 Å². The molecule has 0 bridgehead atoms. The first kappa shape index (κ1) is 30.6. The highest BCUT2D eigenvalue weighted by atomic mass is 32.1. The largest absolute Gasteiger partial charge is 0.497 e. The predicted molar refractivity (Wildman–Crippen MR) is 163 cm³/mol. The number of ether oxygens (including phenoxy) is 2. The fourth-order valence-corrected chi connectivity index (χ4v) is 5.16. The molecule has 1 N–H and O–H groups in total. The van der Waals surface area contributed by atoms with Crippen LogP contribution in [-0.2, 0) is 21.7 Å². The van der Waals surface area contributed by atoms with E-state index in [9.17, 15) is 34.9 Å². The summed E-state index contributed by atoms with van der Waals surface area (Å²) in [6.07, 6.45) is 0.763. The van der Waals surface area contributed by atoms with E-state index in [4.69, 9.17) is 9.47 Å². The third kappa shape index (κ3) is 6.41. The molecule has 1 atom stereocenters. The summed E-state index contributed by atoms with van der Waals surface area (Å²) < 4.78 is 19.2. The van der Waals surface area contributed by atoms with Gasteiger partial charge in [-0.25, -0.2) is 4.79 Å². The van der Waals surface area contributed by atoms with E-state index in [2.05, 4.69) is 8.75 Å². The first-order chi connectivity index (χ1) is 21.6. The van der Waals surface area contributed by atoms with E-state index in [0.29, 0.717) is 50.9 Å². The Morgan fingerprint density at radius 3 is 2.07 bits per heavy atom. The van der Waals surface area contributed by atoms with Crippen LogP contribution in [0.2, 0.25) is 0 Å². The summed E-state index contributed by atoms with van der Waals surface area (Å²) in [6, 6.07) is 23.1. The lowest BCUT2D eigenvalue weighted by Crippen LogP contribution is -2.29. The quantitative estimate of drug-likeness (QED) is 0.100. The number of carbonyl (C=O) groups excluding carboxylic acids is 2. The second kappa shape index (κ2) is 12.8. The minimum Gasteiger partial charge on any atom is -0.497 e. The molecule has 0 radical (unpaired) electrons. The molecule has 2 heterocycles. The molecule has 0 saturated heterocycles. The lowest BCUT2D eigenvalue weighted by molar-refractivity contribution is -0.385. The van der Waals surface area contributed by atoms with Crippen LogP contribution in [0.25, 0.3) is 16.6 Å². The third-order valence-corrected chi connectivity index (χ3v) is 7.50. The van der Waals surface area contributed by atoms with Crippen molar-refractivity contribution in [3.05, 3.63) is 139 Å². The molecular formula is C31H22N4O9S. The number of non-ortho nitro benzene ring substituents is 2. The van der Waals surface area contributed by atoms with Gasteiger partial charge in [-0.1, -0.05) is 18.2 Å². The van der Waals surface area contributed by atoms with Crippen LogP contribution in [0.3, 0.4) is 0 Å². The van der Waals surface area contributed by atoms with E-state index < -0.39 is 21.6 Å². The highest BCUT2D eigenvalue weighted by molar-refractivity contribution is 7.00. The van der Waals surface area contributed by atoms with Gasteiger partial charge in [0.25, 0.3) is 17.2 Å². The molecule has 1 aromatic heterocycles. The summed E-state index contributed by atoms with van der Waals surface area (Å²) in [5, 5.41) is 32.8. The maximum Gasteiger partial charge on any atom is 0.342 e. The van der Waals surface area contributed by atoms with Crippen molar-refractivity contribution in [3.63, 3.8) is 0 Å². The third-order valence-electron chi connectivity index (χ3n) is 6.95. The number of carbonyl (C=O) groups is 2. The zero-order valence-corrected chi connectivity index (χ0v) is 24.2. The van der Waals surface area contributed by atoms with Crippen LogP contribution in [0.1, 0.15) is 27.0 Å². The molecule has 0 aliphatic carbocycles. The Kier molecular flexibility index (Phi) is 8.69. The molecule has 1 unspecified atom stereocenters. The molecule has 45 heavy (non-hydrogen) atoms. The molecule has 1 aliphatic rings. The van der Waals surface area contributed by atoms with Crippen LogP contribution in [0, 0.1) is 20.2 Å². The van der Waals surface area contributed by atoms with Crippen molar-refractivity contribution < 1.29 is 34.0 Å². The Morgan fingerprint density at radius 2 is 1.49 bits per heavy atom. The molecule has 0 spiro atoms. The van der Waals surface area contributed by atoms with Gasteiger partial charge < -0.3 is 14.6 Å². The molecule has 226 valence electrons. The number of hydrogen-bond donors (Lipinski definition) is 1. The van der Waals surface area contributed by atoms with Crippen molar-refractivity contribution in [2.24, 2.45) is 0 Å². The second-order valence-corrected chi connectivity index (χ2v) is 10.2. The molecule has 1 aliphatic heterocycles. The second-order valence-electron chi connectivity index (χ2n) is 9.65. The number of cyclic esters (lactones) is 1. The number of esters is 1. The van der Waals surface area contributed by atoms with Crippen molar-refractivity contribution >= 4 is 52.0 Å². The van der Waals surface area contributed by atoms with Gasteiger partial charge in [0, 0.05) is 47.4 Å². The zero-order chi connectivity index (χ0) is 32.1. The van der Waals surface area contributed by atoms with Gasteiger partial charge in [-0.15, -0.1) is 0 Å². The van der Waals surface area contributed by atoms with Crippen molar-refractivity contribution in [3.8, 4) is 5.75 Å².